The molecule has 0 aliphatic carbocycles. The van der Waals surface area contributed by atoms with Gasteiger partial charge in [0.15, 0.2) is 0 Å². The summed E-state index contributed by atoms with van der Waals surface area (Å²) in [6.45, 7) is 3.91. The quantitative estimate of drug-likeness (QED) is 0.831. The highest BCUT2D eigenvalue weighted by Crippen LogP contribution is 2.21. The monoisotopic (exact) mass is 214 g/mol. The number of rotatable bonds is 4. The smallest absolute Gasteiger partial charge is 0.129 e. The van der Waals surface area contributed by atoms with E-state index in [1.165, 1.54) is 6.07 Å². The van der Waals surface area contributed by atoms with Gasteiger partial charge in [0.2, 0.25) is 0 Å². The Balaban J connectivity index is 2.77. The van der Waals surface area contributed by atoms with E-state index in [0.29, 0.717) is 11.3 Å². The highest BCUT2D eigenvalue weighted by Gasteiger charge is 2.12. The molecule has 1 N–H and O–H groups in total. The number of aryl methyl sites for hydroxylation is 1. The Bertz CT molecular complexity index is 301. The van der Waals surface area contributed by atoms with Gasteiger partial charge in [-0.3, -0.25) is 0 Å². The van der Waals surface area contributed by atoms with Crippen LogP contribution in [0.4, 0.5) is 4.39 Å². The second-order valence-electron chi connectivity index (χ2n) is 3.20. The summed E-state index contributed by atoms with van der Waals surface area (Å²) in [5, 5.41) is 9.70. The summed E-state index contributed by atoms with van der Waals surface area (Å²) >= 11 is 1.61. The third-order valence-electron chi connectivity index (χ3n) is 1.99. The standard InChI is InChI=1S/C11H15FOS/c1-3-14-7-11(13)9-6-8(2)4-5-10(9)12/h4-6,11,13H,3,7H2,1-2H3. The molecular weight excluding hydrogens is 199 g/mol. The van der Waals surface area contributed by atoms with E-state index in [9.17, 15) is 9.50 Å². The summed E-state index contributed by atoms with van der Waals surface area (Å²) in [6, 6.07) is 4.82. The van der Waals surface area contributed by atoms with E-state index in [2.05, 4.69) is 0 Å². The molecule has 1 rings (SSSR count). The molecule has 1 aromatic carbocycles. The SMILES string of the molecule is CCSCC(O)c1cc(C)ccc1F. The van der Waals surface area contributed by atoms with Gasteiger partial charge in [-0.1, -0.05) is 24.6 Å². The number of hydrogen-bond acceptors (Lipinski definition) is 2. The Morgan fingerprint density at radius 2 is 2.21 bits per heavy atom. The van der Waals surface area contributed by atoms with Crippen LogP contribution in [-0.2, 0) is 0 Å². The lowest BCUT2D eigenvalue weighted by Crippen LogP contribution is -2.04. The third kappa shape index (κ3) is 3.00. The van der Waals surface area contributed by atoms with Crippen LogP contribution in [0.15, 0.2) is 18.2 Å². The zero-order valence-electron chi connectivity index (χ0n) is 8.46. The van der Waals surface area contributed by atoms with E-state index in [-0.39, 0.29) is 5.82 Å². The van der Waals surface area contributed by atoms with Crippen molar-refractivity contribution in [1.82, 2.24) is 0 Å². The molecule has 0 bridgehead atoms. The molecule has 1 aromatic rings. The zero-order chi connectivity index (χ0) is 10.6. The molecule has 0 aromatic heterocycles. The maximum absolute atomic E-state index is 13.3. The predicted octanol–water partition coefficient (Wildman–Crippen LogP) is 2.92. The first-order chi connectivity index (χ1) is 6.65. The minimum Gasteiger partial charge on any atom is -0.387 e. The van der Waals surface area contributed by atoms with Gasteiger partial charge in [0, 0.05) is 11.3 Å². The maximum atomic E-state index is 13.3. The van der Waals surface area contributed by atoms with Crippen LogP contribution in [-0.4, -0.2) is 16.6 Å². The molecule has 0 spiro atoms. The Morgan fingerprint density at radius 1 is 1.50 bits per heavy atom. The molecule has 0 amide bonds. The second kappa shape index (κ2) is 5.37. The van der Waals surface area contributed by atoms with E-state index in [4.69, 9.17) is 0 Å². The number of thioether (sulfide) groups is 1. The van der Waals surface area contributed by atoms with Crippen LogP contribution in [0.25, 0.3) is 0 Å². The predicted molar refractivity (Wildman–Crippen MR) is 59.1 cm³/mol. The second-order valence-corrected chi connectivity index (χ2v) is 4.52. The largest absolute Gasteiger partial charge is 0.387 e. The molecule has 0 aliphatic heterocycles. The average molecular weight is 214 g/mol. The van der Waals surface area contributed by atoms with Crippen molar-refractivity contribution in [2.75, 3.05) is 11.5 Å². The average Bonchev–Trinajstić information content (AvgIpc) is 2.18. The molecule has 0 fully saturated rings. The van der Waals surface area contributed by atoms with Crippen molar-refractivity contribution in [3.63, 3.8) is 0 Å². The molecule has 78 valence electrons. The van der Waals surface area contributed by atoms with Gasteiger partial charge < -0.3 is 5.11 Å². The Morgan fingerprint density at radius 3 is 2.86 bits per heavy atom. The van der Waals surface area contributed by atoms with Gasteiger partial charge in [0.1, 0.15) is 5.82 Å². The number of aliphatic hydroxyl groups excluding tert-OH is 1. The van der Waals surface area contributed by atoms with Crippen molar-refractivity contribution in [1.29, 1.82) is 0 Å². The first-order valence-electron chi connectivity index (χ1n) is 4.67. The summed E-state index contributed by atoms with van der Waals surface area (Å²) in [6.07, 6.45) is -0.695. The molecule has 14 heavy (non-hydrogen) atoms. The zero-order valence-corrected chi connectivity index (χ0v) is 9.27. The fraction of sp³-hybridized carbons (Fsp3) is 0.455. The first-order valence-corrected chi connectivity index (χ1v) is 5.82. The molecule has 1 unspecified atom stereocenters. The minimum absolute atomic E-state index is 0.320. The molecule has 0 aliphatic rings. The number of hydrogen-bond donors (Lipinski definition) is 1. The van der Waals surface area contributed by atoms with Crippen LogP contribution in [0.2, 0.25) is 0 Å². The van der Waals surface area contributed by atoms with Crippen LogP contribution >= 0.6 is 11.8 Å². The van der Waals surface area contributed by atoms with Crippen LogP contribution in [0.1, 0.15) is 24.2 Å². The number of aliphatic hydroxyl groups is 1. The van der Waals surface area contributed by atoms with Gasteiger partial charge in [-0.15, -0.1) is 0 Å². The molecule has 3 heteroatoms. The molecule has 0 heterocycles. The fourth-order valence-electron chi connectivity index (χ4n) is 1.24. The van der Waals surface area contributed by atoms with Crippen molar-refractivity contribution < 1.29 is 9.50 Å². The van der Waals surface area contributed by atoms with Crippen LogP contribution < -0.4 is 0 Å². The number of benzene rings is 1. The van der Waals surface area contributed by atoms with E-state index >= 15 is 0 Å². The minimum atomic E-state index is -0.695. The van der Waals surface area contributed by atoms with E-state index in [1.807, 2.05) is 13.8 Å². The van der Waals surface area contributed by atoms with Gasteiger partial charge in [-0.2, -0.15) is 11.8 Å². The molecule has 1 atom stereocenters. The van der Waals surface area contributed by atoms with Crippen molar-refractivity contribution in [2.24, 2.45) is 0 Å². The lowest BCUT2D eigenvalue weighted by molar-refractivity contribution is 0.199. The normalized spacial score (nSPS) is 12.9. The Hall–Kier alpha value is -0.540. The van der Waals surface area contributed by atoms with Gasteiger partial charge in [-0.05, 0) is 18.7 Å². The van der Waals surface area contributed by atoms with Crippen LogP contribution in [0.5, 0.6) is 0 Å². The van der Waals surface area contributed by atoms with Gasteiger partial charge in [0.05, 0.1) is 6.10 Å². The van der Waals surface area contributed by atoms with Crippen molar-refractivity contribution in [3.05, 3.63) is 35.1 Å². The van der Waals surface area contributed by atoms with Crippen molar-refractivity contribution in [3.8, 4) is 0 Å². The van der Waals surface area contributed by atoms with Crippen molar-refractivity contribution >= 4 is 11.8 Å². The van der Waals surface area contributed by atoms with Gasteiger partial charge >= 0.3 is 0 Å². The highest BCUT2D eigenvalue weighted by molar-refractivity contribution is 7.99. The first kappa shape index (κ1) is 11.5. The lowest BCUT2D eigenvalue weighted by atomic mass is 10.1. The highest BCUT2D eigenvalue weighted by atomic mass is 32.2. The van der Waals surface area contributed by atoms with Gasteiger partial charge in [-0.25, -0.2) is 4.39 Å². The maximum Gasteiger partial charge on any atom is 0.129 e. The number of halogens is 1. The molecule has 0 saturated heterocycles. The molecular formula is C11H15FOS. The lowest BCUT2D eigenvalue weighted by Gasteiger charge is -2.11. The van der Waals surface area contributed by atoms with E-state index in [1.54, 1.807) is 23.9 Å². The molecule has 0 radical (unpaired) electrons. The summed E-state index contributed by atoms with van der Waals surface area (Å²) in [4.78, 5) is 0. The van der Waals surface area contributed by atoms with Gasteiger partial charge in [0.25, 0.3) is 0 Å². The van der Waals surface area contributed by atoms with Crippen LogP contribution in [0, 0.1) is 12.7 Å². The summed E-state index contributed by atoms with van der Waals surface area (Å²) < 4.78 is 13.3. The molecule has 1 nitrogen and oxygen atoms in total. The topological polar surface area (TPSA) is 20.2 Å². The van der Waals surface area contributed by atoms with E-state index in [0.717, 1.165) is 11.3 Å². The summed E-state index contributed by atoms with van der Waals surface area (Å²) in [5.41, 5.74) is 1.38. The van der Waals surface area contributed by atoms with Crippen LogP contribution in [0.3, 0.4) is 0 Å². The Kier molecular flexibility index (Phi) is 4.42. The third-order valence-corrected chi connectivity index (χ3v) is 2.95. The summed E-state index contributed by atoms with van der Waals surface area (Å²) in [5.74, 6) is 1.17. The molecule has 0 saturated carbocycles. The van der Waals surface area contributed by atoms with Crippen molar-refractivity contribution in [2.45, 2.75) is 20.0 Å². The summed E-state index contributed by atoms with van der Waals surface area (Å²) in [7, 11) is 0. The fourth-order valence-corrected chi connectivity index (χ4v) is 1.88. The Labute approximate surface area is 88.3 Å². The van der Waals surface area contributed by atoms with E-state index < -0.39 is 6.10 Å².